The van der Waals surface area contributed by atoms with Crippen LogP contribution in [-0.2, 0) is 28.6 Å². The van der Waals surface area contributed by atoms with Crippen LogP contribution in [0.15, 0.2) is 60.8 Å². The van der Waals surface area contributed by atoms with E-state index in [1.165, 1.54) is 89.9 Å². The van der Waals surface area contributed by atoms with Crippen molar-refractivity contribution in [2.24, 2.45) is 0 Å². The SMILES string of the molecule is CC\C=C/C=C\C=C/CCCCCCCCCC(=O)OCC(COC(=O)CCC/C=C\CCCCCC)OC(=O)CCCCC/C=C\CCCCCCCC. The van der Waals surface area contributed by atoms with Crippen LogP contribution in [0.1, 0.15) is 213 Å². The summed E-state index contributed by atoms with van der Waals surface area (Å²) in [6.45, 7) is 6.40. The molecule has 0 spiro atoms. The average Bonchev–Trinajstić information content (AvgIpc) is 3.18. The molecule has 0 heterocycles. The lowest BCUT2D eigenvalue weighted by atomic mass is 10.1. The summed E-state index contributed by atoms with van der Waals surface area (Å²) < 4.78 is 16.6. The highest BCUT2D eigenvalue weighted by Gasteiger charge is 2.19. The van der Waals surface area contributed by atoms with Gasteiger partial charge in [-0.2, -0.15) is 0 Å². The quantitative estimate of drug-likeness (QED) is 0.0203. The predicted molar refractivity (Wildman–Crippen MR) is 233 cm³/mol. The molecule has 0 N–H and O–H groups in total. The number of rotatable bonds is 40. The van der Waals surface area contributed by atoms with E-state index in [4.69, 9.17) is 14.2 Å². The van der Waals surface area contributed by atoms with Gasteiger partial charge in [0.2, 0.25) is 0 Å². The van der Waals surface area contributed by atoms with Gasteiger partial charge in [0.1, 0.15) is 13.2 Å². The molecule has 0 aliphatic heterocycles. The fourth-order valence-electron chi connectivity index (χ4n) is 6.09. The molecule has 0 amide bonds. The third-order valence-corrected chi connectivity index (χ3v) is 9.54. The molecule has 0 aromatic heterocycles. The fraction of sp³-hybridized carbons (Fsp3) is 0.735. The molecule has 55 heavy (non-hydrogen) atoms. The van der Waals surface area contributed by atoms with E-state index in [2.05, 4.69) is 81.5 Å². The van der Waals surface area contributed by atoms with Crippen molar-refractivity contribution in [2.45, 2.75) is 219 Å². The summed E-state index contributed by atoms with van der Waals surface area (Å²) in [4.78, 5) is 37.7. The lowest BCUT2D eigenvalue weighted by Gasteiger charge is -2.18. The van der Waals surface area contributed by atoms with Crippen LogP contribution < -0.4 is 0 Å². The van der Waals surface area contributed by atoms with E-state index in [0.717, 1.165) is 77.0 Å². The van der Waals surface area contributed by atoms with Crippen LogP contribution >= 0.6 is 0 Å². The standard InChI is InChI=1S/C49H84O6/c1-4-7-10-13-16-19-21-23-24-26-27-30-33-36-39-42-48(51)54-45-46(44-53-47(50)41-38-35-32-29-18-15-12-9-6-3)55-49(52)43-40-37-34-31-28-25-22-20-17-14-11-8-5-2/h7,10,13,16,19,21,25,28-29,32,46H,4-6,8-9,11-12,14-15,17-18,20,22-24,26-27,30-31,33-45H2,1-3H3/b10-7-,16-13-,21-19-,28-25-,32-29-. The molecule has 6 nitrogen and oxygen atoms in total. The first-order valence-electron chi connectivity index (χ1n) is 22.8. The molecule has 0 aromatic rings. The Hall–Kier alpha value is -2.89. The molecule has 0 fully saturated rings. The summed E-state index contributed by atoms with van der Waals surface area (Å²) in [6, 6.07) is 0. The van der Waals surface area contributed by atoms with Crippen LogP contribution in [-0.4, -0.2) is 37.2 Å². The Balaban J connectivity index is 4.42. The zero-order valence-electron chi connectivity index (χ0n) is 35.9. The number of hydrogen-bond acceptors (Lipinski definition) is 6. The lowest BCUT2D eigenvalue weighted by Crippen LogP contribution is -2.30. The minimum absolute atomic E-state index is 0.0955. The molecule has 0 aromatic carbocycles. The van der Waals surface area contributed by atoms with Gasteiger partial charge in [-0.1, -0.05) is 171 Å². The molecule has 1 unspecified atom stereocenters. The Labute approximate surface area is 339 Å². The fourth-order valence-corrected chi connectivity index (χ4v) is 6.09. The second-order valence-corrected chi connectivity index (χ2v) is 15.0. The molecule has 316 valence electrons. The zero-order valence-corrected chi connectivity index (χ0v) is 35.9. The summed E-state index contributed by atoms with van der Waals surface area (Å²) in [5.41, 5.74) is 0. The molecule has 0 bridgehead atoms. The van der Waals surface area contributed by atoms with Gasteiger partial charge in [0.25, 0.3) is 0 Å². The molecule has 0 radical (unpaired) electrons. The lowest BCUT2D eigenvalue weighted by molar-refractivity contribution is -0.167. The van der Waals surface area contributed by atoms with Gasteiger partial charge in [0.15, 0.2) is 6.10 Å². The van der Waals surface area contributed by atoms with Gasteiger partial charge in [-0.05, 0) is 83.5 Å². The van der Waals surface area contributed by atoms with Crippen molar-refractivity contribution in [1.29, 1.82) is 0 Å². The monoisotopic (exact) mass is 769 g/mol. The number of allylic oxidation sites excluding steroid dienone is 10. The normalized spacial score (nSPS) is 12.6. The van der Waals surface area contributed by atoms with Gasteiger partial charge >= 0.3 is 17.9 Å². The predicted octanol–water partition coefficient (Wildman–Crippen LogP) is 14.5. The maximum atomic E-state index is 12.7. The number of esters is 3. The number of carbonyl (C=O) groups excluding carboxylic acids is 3. The molecule has 0 aliphatic carbocycles. The molecule has 0 rings (SSSR count). The first kappa shape index (κ1) is 52.1. The van der Waals surface area contributed by atoms with E-state index in [0.29, 0.717) is 25.7 Å². The molecular formula is C49H84O6. The van der Waals surface area contributed by atoms with Gasteiger partial charge in [-0.3, -0.25) is 14.4 Å². The van der Waals surface area contributed by atoms with Gasteiger partial charge in [-0.25, -0.2) is 0 Å². The molecule has 0 aliphatic rings. The summed E-state index contributed by atoms with van der Waals surface area (Å²) in [5.74, 6) is -0.964. The Kier molecular flexibility index (Phi) is 41.5. The van der Waals surface area contributed by atoms with Crippen molar-refractivity contribution in [3.8, 4) is 0 Å². The van der Waals surface area contributed by atoms with Crippen molar-refractivity contribution in [1.82, 2.24) is 0 Å². The van der Waals surface area contributed by atoms with Crippen molar-refractivity contribution in [2.75, 3.05) is 13.2 Å². The second-order valence-electron chi connectivity index (χ2n) is 15.0. The van der Waals surface area contributed by atoms with E-state index >= 15 is 0 Å². The van der Waals surface area contributed by atoms with Crippen molar-refractivity contribution in [3.63, 3.8) is 0 Å². The minimum atomic E-state index is -0.794. The van der Waals surface area contributed by atoms with Crippen LogP contribution in [0.4, 0.5) is 0 Å². The third kappa shape index (κ3) is 42.1. The van der Waals surface area contributed by atoms with Crippen LogP contribution in [0.5, 0.6) is 0 Å². The first-order chi connectivity index (χ1) is 27.0. The maximum absolute atomic E-state index is 12.7. The van der Waals surface area contributed by atoms with Gasteiger partial charge in [0, 0.05) is 19.3 Å². The van der Waals surface area contributed by atoms with Gasteiger partial charge in [0.05, 0.1) is 0 Å². The summed E-state index contributed by atoms with van der Waals surface area (Å²) in [5, 5.41) is 0. The molecular weight excluding hydrogens is 685 g/mol. The molecule has 1 atom stereocenters. The van der Waals surface area contributed by atoms with E-state index in [9.17, 15) is 14.4 Å². The third-order valence-electron chi connectivity index (χ3n) is 9.54. The Morgan fingerprint density at radius 1 is 0.382 bits per heavy atom. The van der Waals surface area contributed by atoms with Crippen LogP contribution in [0.2, 0.25) is 0 Å². The van der Waals surface area contributed by atoms with E-state index in [-0.39, 0.29) is 31.1 Å². The van der Waals surface area contributed by atoms with Crippen LogP contribution in [0, 0.1) is 0 Å². The zero-order chi connectivity index (χ0) is 40.1. The highest BCUT2D eigenvalue weighted by atomic mass is 16.6. The number of unbranched alkanes of at least 4 members (excludes halogenated alkanes) is 21. The van der Waals surface area contributed by atoms with E-state index in [1.807, 2.05) is 0 Å². The Bertz CT molecular complexity index is 1020. The van der Waals surface area contributed by atoms with Crippen LogP contribution in [0.3, 0.4) is 0 Å². The number of carbonyl (C=O) groups is 3. The molecule has 6 heteroatoms. The first-order valence-corrected chi connectivity index (χ1v) is 22.8. The summed E-state index contributed by atoms with van der Waals surface area (Å²) in [6.07, 6.45) is 52.1. The highest BCUT2D eigenvalue weighted by molar-refractivity contribution is 5.71. The van der Waals surface area contributed by atoms with E-state index < -0.39 is 6.10 Å². The Morgan fingerprint density at radius 2 is 0.745 bits per heavy atom. The summed E-state index contributed by atoms with van der Waals surface area (Å²) >= 11 is 0. The van der Waals surface area contributed by atoms with Crippen LogP contribution in [0.25, 0.3) is 0 Å². The van der Waals surface area contributed by atoms with E-state index in [1.54, 1.807) is 0 Å². The largest absolute Gasteiger partial charge is 0.462 e. The minimum Gasteiger partial charge on any atom is -0.462 e. The summed E-state index contributed by atoms with van der Waals surface area (Å²) in [7, 11) is 0. The number of ether oxygens (including phenoxy) is 3. The van der Waals surface area contributed by atoms with Crippen molar-refractivity contribution >= 4 is 17.9 Å². The van der Waals surface area contributed by atoms with Crippen molar-refractivity contribution in [3.05, 3.63) is 60.8 Å². The van der Waals surface area contributed by atoms with Crippen molar-refractivity contribution < 1.29 is 28.6 Å². The molecule has 0 saturated heterocycles. The Morgan fingerprint density at radius 3 is 1.25 bits per heavy atom. The molecule has 0 saturated carbocycles. The average molecular weight is 769 g/mol. The topological polar surface area (TPSA) is 78.9 Å². The second kappa shape index (κ2) is 43.8. The smallest absolute Gasteiger partial charge is 0.306 e. The maximum Gasteiger partial charge on any atom is 0.306 e. The number of hydrogen-bond donors (Lipinski definition) is 0. The highest BCUT2D eigenvalue weighted by Crippen LogP contribution is 2.13. The van der Waals surface area contributed by atoms with Gasteiger partial charge in [-0.15, -0.1) is 0 Å². The van der Waals surface area contributed by atoms with Gasteiger partial charge < -0.3 is 14.2 Å².